The molecule has 0 spiro atoms. The highest BCUT2D eigenvalue weighted by atomic mass is 16.7. The Kier molecular flexibility index (Phi) is 4.80. The Morgan fingerprint density at radius 1 is 1.60 bits per heavy atom. The van der Waals surface area contributed by atoms with E-state index in [9.17, 15) is 4.79 Å². The van der Waals surface area contributed by atoms with Crippen molar-refractivity contribution in [1.82, 2.24) is 10.6 Å². The van der Waals surface area contributed by atoms with E-state index >= 15 is 0 Å². The van der Waals surface area contributed by atoms with Crippen molar-refractivity contribution in [1.29, 1.82) is 0 Å². The summed E-state index contributed by atoms with van der Waals surface area (Å²) < 4.78 is 0. The number of hydrogen-bond acceptors (Lipinski definition) is 4. The molecule has 6 heteroatoms. The normalized spacial score (nSPS) is 19.1. The molecule has 0 aromatic rings. The molecule has 88 valence electrons. The number of hydrogen-bond donors (Lipinski definition) is 3. The van der Waals surface area contributed by atoms with Gasteiger partial charge in [-0.2, -0.15) is 0 Å². The molecular formula is C9H18N2O4. The Balaban J connectivity index is 2.27. The molecule has 0 aromatic heterocycles. The van der Waals surface area contributed by atoms with Crippen LogP contribution in [0.15, 0.2) is 0 Å². The van der Waals surface area contributed by atoms with E-state index in [0.717, 1.165) is 30.7 Å². The summed E-state index contributed by atoms with van der Waals surface area (Å²) in [6.45, 7) is 1.51. The first kappa shape index (κ1) is 12.2. The largest absolute Gasteiger partial charge is 0.464 e. The second-order valence-corrected chi connectivity index (χ2v) is 3.86. The summed E-state index contributed by atoms with van der Waals surface area (Å²) in [5.41, 5.74) is 2.37. The molecule has 1 rings (SSSR count). The number of nitrogens with one attached hydrogen (secondary N) is 1. The van der Waals surface area contributed by atoms with Crippen LogP contribution in [0.2, 0.25) is 0 Å². The minimum atomic E-state index is -1.16. The molecule has 0 heterocycles. The summed E-state index contributed by atoms with van der Waals surface area (Å²) in [5, 5.41) is 18.7. The molecule has 1 aliphatic rings. The number of carbonyl (C=O) groups is 1. The molecule has 1 atom stereocenters. The van der Waals surface area contributed by atoms with Crippen molar-refractivity contribution in [2.75, 3.05) is 6.54 Å². The van der Waals surface area contributed by atoms with Crippen LogP contribution in [0.3, 0.4) is 0 Å². The van der Waals surface area contributed by atoms with Crippen molar-refractivity contribution >= 4 is 6.09 Å². The van der Waals surface area contributed by atoms with E-state index in [-0.39, 0.29) is 12.6 Å². The lowest BCUT2D eigenvalue weighted by Gasteiger charge is -2.22. The Labute approximate surface area is 88.8 Å². The van der Waals surface area contributed by atoms with Crippen molar-refractivity contribution in [2.24, 2.45) is 0 Å². The summed E-state index contributed by atoms with van der Waals surface area (Å²) in [4.78, 5) is 15.9. The maximum absolute atomic E-state index is 10.7. The van der Waals surface area contributed by atoms with E-state index in [1.165, 1.54) is 6.92 Å². The van der Waals surface area contributed by atoms with Gasteiger partial charge in [0.25, 0.3) is 0 Å². The van der Waals surface area contributed by atoms with Crippen LogP contribution >= 0.6 is 0 Å². The molecule has 3 N–H and O–H groups in total. The topological polar surface area (TPSA) is 82.0 Å². The summed E-state index contributed by atoms with van der Waals surface area (Å²) in [7, 11) is 0. The maximum atomic E-state index is 10.7. The number of aliphatic hydroxyl groups excluding tert-OH is 1. The molecule has 1 saturated carbocycles. The van der Waals surface area contributed by atoms with Gasteiger partial charge < -0.3 is 10.2 Å². The molecule has 0 aliphatic heterocycles. The first-order chi connectivity index (χ1) is 7.09. The van der Waals surface area contributed by atoms with Crippen LogP contribution in [0.4, 0.5) is 4.79 Å². The van der Waals surface area contributed by atoms with Crippen LogP contribution in [0.1, 0.15) is 32.6 Å². The standard InChI is InChI=1S/C9H18N2O4/c1-7(12)6-11(9(13)14)10-15-8-4-2-3-5-8/h7-8,10,12H,2-6H2,1H3,(H,13,14). The highest BCUT2D eigenvalue weighted by Crippen LogP contribution is 2.19. The molecule has 1 amide bonds. The number of rotatable bonds is 5. The fraction of sp³-hybridized carbons (Fsp3) is 0.889. The number of carboxylic acid groups (broad SMARTS) is 1. The molecular weight excluding hydrogens is 200 g/mol. The Morgan fingerprint density at radius 3 is 2.67 bits per heavy atom. The molecule has 15 heavy (non-hydrogen) atoms. The molecule has 1 aliphatic carbocycles. The zero-order valence-corrected chi connectivity index (χ0v) is 8.85. The van der Waals surface area contributed by atoms with Crippen LogP contribution in [-0.2, 0) is 4.84 Å². The van der Waals surface area contributed by atoms with Gasteiger partial charge in [0.1, 0.15) is 0 Å². The number of amides is 1. The van der Waals surface area contributed by atoms with Gasteiger partial charge in [0.05, 0.1) is 18.8 Å². The molecule has 0 aromatic carbocycles. The van der Waals surface area contributed by atoms with E-state index in [1.807, 2.05) is 0 Å². The molecule has 0 saturated heterocycles. The third-order valence-corrected chi connectivity index (χ3v) is 2.31. The fourth-order valence-electron chi connectivity index (χ4n) is 1.56. The molecule has 1 fully saturated rings. The van der Waals surface area contributed by atoms with Crippen molar-refractivity contribution in [2.45, 2.75) is 44.8 Å². The zero-order valence-electron chi connectivity index (χ0n) is 8.85. The first-order valence-corrected chi connectivity index (χ1v) is 5.19. The average Bonchev–Trinajstić information content (AvgIpc) is 2.63. The van der Waals surface area contributed by atoms with Crippen molar-refractivity contribution in [3.63, 3.8) is 0 Å². The highest BCUT2D eigenvalue weighted by molar-refractivity contribution is 5.64. The summed E-state index contributed by atoms with van der Waals surface area (Å²) in [5.74, 6) is 0. The third-order valence-electron chi connectivity index (χ3n) is 2.31. The first-order valence-electron chi connectivity index (χ1n) is 5.19. The third kappa shape index (κ3) is 4.46. The zero-order chi connectivity index (χ0) is 11.3. The fourth-order valence-corrected chi connectivity index (χ4v) is 1.56. The lowest BCUT2D eigenvalue weighted by Crippen LogP contribution is -2.46. The van der Waals surface area contributed by atoms with Gasteiger partial charge in [0.2, 0.25) is 0 Å². The Bertz CT molecular complexity index is 204. The van der Waals surface area contributed by atoms with Gasteiger partial charge in [0, 0.05) is 0 Å². The lowest BCUT2D eigenvalue weighted by atomic mass is 10.3. The van der Waals surface area contributed by atoms with Gasteiger partial charge in [-0.1, -0.05) is 12.8 Å². The van der Waals surface area contributed by atoms with E-state index in [4.69, 9.17) is 15.1 Å². The van der Waals surface area contributed by atoms with E-state index < -0.39 is 12.2 Å². The van der Waals surface area contributed by atoms with Crippen molar-refractivity contribution in [3.05, 3.63) is 0 Å². The quantitative estimate of drug-likeness (QED) is 0.592. The smallest absolute Gasteiger partial charge is 0.423 e. The predicted molar refractivity (Wildman–Crippen MR) is 52.9 cm³/mol. The van der Waals surface area contributed by atoms with Gasteiger partial charge in [0.15, 0.2) is 0 Å². The Hall–Kier alpha value is -0.850. The van der Waals surface area contributed by atoms with Crippen LogP contribution in [-0.4, -0.2) is 40.1 Å². The second kappa shape index (κ2) is 5.89. The molecule has 0 radical (unpaired) electrons. The van der Waals surface area contributed by atoms with Gasteiger partial charge in [-0.05, 0) is 19.8 Å². The SMILES string of the molecule is CC(O)CN(NOC1CCCC1)C(=O)O. The van der Waals surface area contributed by atoms with E-state index in [1.54, 1.807) is 0 Å². The average molecular weight is 218 g/mol. The van der Waals surface area contributed by atoms with Crippen LogP contribution in [0, 0.1) is 0 Å². The molecule has 6 nitrogen and oxygen atoms in total. The predicted octanol–water partition coefficient (Wildman–Crippen LogP) is 0.726. The summed E-state index contributed by atoms with van der Waals surface area (Å²) in [6, 6.07) is 0. The van der Waals surface area contributed by atoms with Crippen LogP contribution in [0.5, 0.6) is 0 Å². The van der Waals surface area contributed by atoms with Gasteiger partial charge in [-0.3, -0.25) is 4.84 Å². The van der Waals surface area contributed by atoms with Gasteiger partial charge in [-0.25, -0.2) is 9.80 Å². The number of nitrogens with zero attached hydrogens (tertiary/aromatic N) is 1. The highest BCUT2D eigenvalue weighted by Gasteiger charge is 2.19. The monoisotopic (exact) mass is 218 g/mol. The second-order valence-electron chi connectivity index (χ2n) is 3.86. The minimum absolute atomic E-state index is 0.0119. The van der Waals surface area contributed by atoms with Gasteiger partial charge >= 0.3 is 6.09 Å². The molecule has 1 unspecified atom stereocenters. The van der Waals surface area contributed by atoms with E-state index in [2.05, 4.69) is 5.59 Å². The van der Waals surface area contributed by atoms with Crippen molar-refractivity contribution < 1.29 is 19.8 Å². The summed E-state index contributed by atoms with van der Waals surface area (Å²) >= 11 is 0. The minimum Gasteiger partial charge on any atom is -0.464 e. The van der Waals surface area contributed by atoms with Gasteiger partial charge in [-0.15, -0.1) is 5.59 Å². The summed E-state index contributed by atoms with van der Waals surface area (Å²) in [6.07, 6.45) is 2.35. The lowest BCUT2D eigenvalue weighted by molar-refractivity contribution is -0.115. The van der Waals surface area contributed by atoms with Crippen LogP contribution in [0.25, 0.3) is 0 Å². The van der Waals surface area contributed by atoms with E-state index in [0.29, 0.717) is 0 Å². The molecule has 0 bridgehead atoms. The number of hydrazine groups is 1. The maximum Gasteiger partial charge on any atom is 0.423 e. The van der Waals surface area contributed by atoms with Crippen LogP contribution < -0.4 is 5.59 Å². The van der Waals surface area contributed by atoms with Crippen molar-refractivity contribution in [3.8, 4) is 0 Å². The number of aliphatic hydroxyl groups is 1. The Morgan fingerprint density at radius 2 is 2.20 bits per heavy atom.